The monoisotopic (exact) mass is 239 g/mol. The van der Waals surface area contributed by atoms with Gasteiger partial charge in [-0.05, 0) is 18.4 Å². The SMILES string of the molecule is CC(C)C(CCO)NC(=O)c1cc(N)cn1C. The summed E-state index contributed by atoms with van der Waals surface area (Å²) in [7, 11) is 1.78. The van der Waals surface area contributed by atoms with Crippen LogP contribution in [0.2, 0.25) is 0 Å². The van der Waals surface area contributed by atoms with E-state index < -0.39 is 0 Å². The van der Waals surface area contributed by atoms with E-state index in [2.05, 4.69) is 5.32 Å². The van der Waals surface area contributed by atoms with Crippen molar-refractivity contribution in [2.45, 2.75) is 26.3 Å². The molecule has 1 rings (SSSR count). The molecule has 1 aromatic rings. The number of nitrogen functional groups attached to an aromatic ring is 1. The topological polar surface area (TPSA) is 80.3 Å². The summed E-state index contributed by atoms with van der Waals surface area (Å²) in [6, 6.07) is 1.62. The summed E-state index contributed by atoms with van der Waals surface area (Å²) in [5, 5.41) is 11.9. The highest BCUT2D eigenvalue weighted by Gasteiger charge is 2.18. The molecule has 96 valence electrons. The van der Waals surface area contributed by atoms with E-state index in [1.165, 1.54) is 0 Å². The Morgan fingerprint density at radius 1 is 1.59 bits per heavy atom. The van der Waals surface area contributed by atoms with Crippen LogP contribution in [0.1, 0.15) is 30.8 Å². The second kappa shape index (κ2) is 5.72. The summed E-state index contributed by atoms with van der Waals surface area (Å²) in [5.74, 6) is 0.125. The average molecular weight is 239 g/mol. The van der Waals surface area contributed by atoms with Gasteiger partial charge in [-0.1, -0.05) is 13.8 Å². The number of hydrogen-bond donors (Lipinski definition) is 3. The molecule has 0 spiro atoms. The van der Waals surface area contributed by atoms with Crippen molar-refractivity contribution in [1.29, 1.82) is 0 Å². The van der Waals surface area contributed by atoms with Gasteiger partial charge in [0.1, 0.15) is 5.69 Å². The molecule has 0 aliphatic rings. The molecule has 1 heterocycles. The third-order valence-electron chi connectivity index (χ3n) is 2.82. The Morgan fingerprint density at radius 2 is 2.24 bits per heavy atom. The molecule has 0 aromatic carbocycles. The van der Waals surface area contributed by atoms with Gasteiger partial charge in [-0.2, -0.15) is 0 Å². The molecule has 1 aromatic heterocycles. The minimum absolute atomic E-state index is 0.0244. The first kappa shape index (κ1) is 13.6. The van der Waals surface area contributed by atoms with E-state index in [1.54, 1.807) is 23.9 Å². The molecule has 1 atom stereocenters. The van der Waals surface area contributed by atoms with Crippen molar-refractivity contribution in [2.75, 3.05) is 12.3 Å². The van der Waals surface area contributed by atoms with Crippen LogP contribution in [0.25, 0.3) is 0 Å². The number of aryl methyl sites for hydroxylation is 1. The molecule has 0 bridgehead atoms. The molecule has 1 amide bonds. The first-order valence-corrected chi connectivity index (χ1v) is 5.79. The predicted octanol–water partition coefficient (Wildman–Crippen LogP) is 0.744. The lowest BCUT2D eigenvalue weighted by molar-refractivity contribution is 0.0908. The molecule has 0 fully saturated rings. The number of anilines is 1. The zero-order chi connectivity index (χ0) is 13.0. The van der Waals surface area contributed by atoms with Crippen LogP contribution < -0.4 is 11.1 Å². The lowest BCUT2D eigenvalue weighted by atomic mass is 10.0. The fourth-order valence-electron chi connectivity index (χ4n) is 1.77. The summed E-state index contributed by atoms with van der Waals surface area (Å²) in [6.07, 6.45) is 2.26. The average Bonchev–Trinajstić information content (AvgIpc) is 2.57. The molecule has 0 saturated carbocycles. The Morgan fingerprint density at radius 3 is 2.65 bits per heavy atom. The first-order valence-electron chi connectivity index (χ1n) is 5.79. The number of nitrogens with zero attached hydrogens (tertiary/aromatic N) is 1. The Labute approximate surface area is 102 Å². The van der Waals surface area contributed by atoms with Crippen molar-refractivity contribution in [2.24, 2.45) is 13.0 Å². The van der Waals surface area contributed by atoms with E-state index in [9.17, 15) is 4.79 Å². The zero-order valence-corrected chi connectivity index (χ0v) is 10.6. The number of nitrogens with one attached hydrogen (secondary N) is 1. The van der Waals surface area contributed by atoms with Gasteiger partial charge >= 0.3 is 0 Å². The summed E-state index contributed by atoms with van der Waals surface area (Å²) in [4.78, 5) is 12.0. The maximum absolute atomic E-state index is 12.0. The van der Waals surface area contributed by atoms with Gasteiger partial charge in [0.15, 0.2) is 0 Å². The molecule has 0 aliphatic carbocycles. The number of aliphatic hydroxyl groups is 1. The van der Waals surface area contributed by atoms with Crippen LogP contribution in [0.3, 0.4) is 0 Å². The fraction of sp³-hybridized carbons (Fsp3) is 0.583. The summed E-state index contributed by atoms with van der Waals surface area (Å²) in [5.41, 5.74) is 6.73. The van der Waals surface area contributed by atoms with Crippen LogP contribution in [-0.4, -0.2) is 28.2 Å². The highest BCUT2D eigenvalue weighted by molar-refractivity contribution is 5.94. The first-order chi connectivity index (χ1) is 7.95. The van der Waals surface area contributed by atoms with E-state index in [0.29, 0.717) is 17.8 Å². The van der Waals surface area contributed by atoms with Crippen LogP contribution in [-0.2, 0) is 7.05 Å². The third kappa shape index (κ3) is 3.49. The highest BCUT2D eigenvalue weighted by Crippen LogP contribution is 2.11. The van der Waals surface area contributed by atoms with Crippen LogP contribution in [0, 0.1) is 5.92 Å². The number of aromatic nitrogens is 1. The van der Waals surface area contributed by atoms with Crippen molar-refractivity contribution in [3.63, 3.8) is 0 Å². The molecule has 5 heteroatoms. The van der Waals surface area contributed by atoms with Crippen LogP contribution >= 0.6 is 0 Å². The largest absolute Gasteiger partial charge is 0.397 e. The number of rotatable bonds is 5. The van der Waals surface area contributed by atoms with Gasteiger partial charge in [-0.25, -0.2) is 0 Å². The highest BCUT2D eigenvalue weighted by atomic mass is 16.3. The van der Waals surface area contributed by atoms with Gasteiger partial charge in [0.25, 0.3) is 5.91 Å². The molecule has 1 unspecified atom stereocenters. The molecule has 0 saturated heterocycles. The molecule has 5 nitrogen and oxygen atoms in total. The van der Waals surface area contributed by atoms with Crippen LogP contribution in [0.15, 0.2) is 12.3 Å². The quantitative estimate of drug-likeness (QED) is 0.709. The summed E-state index contributed by atoms with van der Waals surface area (Å²) >= 11 is 0. The van der Waals surface area contributed by atoms with E-state index in [-0.39, 0.29) is 24.5 Å². The molecule has 4 N–H and O–H groups in total. The minimum atomic E-state index is -0.156. The van der Waals surface area contributed by atoms with E-state index in [0.717, 1.165) is 0 Å². The molecule has 17 heavy (non-hydrogen) atoms. The lowest BCUT2D eigenvalue weighted by Crippen LogP contribution is -2.39. The fourth-order valence-corrected chi connectivity index (χ4v) is 1.77. The summed E-state index contributed by atoms with van der Waals surface area (Å²) < 4.78 is 1.70. The van der Waals surface area contributed by atoms with Gasteiger partial charge < -0.3 is 20.7 Å². The Hall–Kier alpha value is -1.49. The van der Waals surface area contributed by atoms with E-state index in [1.807, 2.05) is 13.8 Å². The second-order valence-electron chi connectivity index (χ2n) is 4.61. The Bertz CT molecular complexity index is 385. The van der Waals surface area contributed by atoms with Crippen molar-refractivity contribution in [3.8, 4) is 0 Å². The minimum Gasteiger partial charge on any atom is -0.397 e. The van der Waals surface area contributed by atoms with Crippen molar-refractivity contribution >= 4 is 11.6 Å². The van der Waals surface area contributed by atoms with Gasteiger partial charge in [0.05, 0.1) is 5.69 Å². The van der Waals surface area contributed by atoms with Crippen molar-refractivity contribution in [1.82, 2.24) is 9.88 Å². The number of aliphatic hydroxyl groups excluding tert-OH is 1. The van der Waals surface area contributed by atoms with Gasteiger partial charge in [-0.15, -0.1) is 0 Å². The predicted molar refractivity (Wildman–Crippen MR) is 67.6 cm³/mol. The Kier molecular flexibility index (Phi) is 4.57. The maximum atomic E-state index is 12.0. The third-order valence-corrected chi connectivity index (χ3v) is 2.82. The standard InChI is InChI=1S/C12H21N3O2/c1-8(2)10(4-5-16)14-12(17)11-6-9(13)7-15(11)3/h6-8,10,16H,4-5,13H2,1-3H3,(H,14,17). The van der Waals surface area contributed by atoms with Gasteiger partial charge in [0, 0.05) is 25.9 Å². The van der Waals surface area contributed by atoms with E-state index in [4.69, 9.17) is 10.8 Å². The van der Waals surface area contributed by atoms with E-state index >= 15 is 0 Å². The lowest BCUT2D eigenvalue weighted by Gasteiger charge is -2.21. The van der Waals surface area contributed by atoms with Gasteiger partial charge in [-0.3, -0.25) is 4.79 Å². The molecule has 0 aliphatic heterocycles. The Balaban J connectivity index is 2.73. The number of hydrogen-bond acceptors (Lipinski definition) is 3. The van der Waals surface area contributed by atoms with Crippen LogP contribution in [0.5, 0.6) is 0 Å². The smallest absolute Gasteiger partial charge is 0.268 e. The molecular weight excluding hydrogens is 218 g/mol. The maximum Gasteiger partial charge on any atom is 0.268 e. The molecule has 0 radical (unpaired) electrons. The van der Waals surface area contributed by atoms with Crippen molar-refractivity contribution < 1.29 is 9.90 Å². The number of amides is 1. The second-order valence-corrected chi connectivity index (χ2v) is 4.61. The van der Waals surface area contributed by atoms with Gasteiger partial charge in [0.2, 0.25) is 0 Å². The van der Waals surface area contributed by atoms with Crippen molar-refractivity contribution in [3.05, 3.63) is 18.0 Å². The number of nitrogens with two attached hydrogens (primary N) is 1. The molecular formula is C12H21N3O2. The zero-order valence-electron chi connectivity index (χ0n) is 10.6. The number of carbonyl (C=O) groups excluding carboxylic acids is 1. The van der Waals surface area contributed by atoms with Crippen LogP contribution in [0.4, 0.5) is 5.69 Å². The number of carbonyl (C=O) groups is 1. The normalized spacial score (nSPS) is 12.8. The summed E-state index contributed by atoms with van der Waals surface area (Å²) in [6.45, 7) is 4.10.